The van der Waals surface area contributed by atoms with Crippen LogP contribution in [0.4, 0.5) is 0 Å². The number of Topliss-reactive ketones (excluding diaryl/α,β-unsaturated/α-hetero) is 1. The minimum Gasteiger partial charge on any atom is -0.462 e. The first-order valence-corrected chi connectivity index (χ1v) is 8.47. The van der Waals surface area contributed by atoms with Gasteiger partial charge in [-0.2, -0.15) is 0 Å². The lowest BCUT2D eigenvalue weighted by Crippen LogP contribution is -2.04. The van der Waals surface area contributed by atoms with Crippen molar-refractivity contribution >= 4 is 11.8 Å². The van der Waals surface area contributed by atoms with Gasteiger partial charge in [-0.25, -0.2) is 4.79 Å². The van der Waals surface area contributed by atoms with E-state index in [4.69, 9.17) is 4.74 Å². The van der Waals surface area contributed by atoms with E-state index in [0.29, 0.717) is 24.2 Å². The molecule has 0 unspecified atom stereocenters. The molecular formula is C22H19NO3. The van der Waals surface area contributed by atoms with Gasteiger partial charge in [0.25, 0.3) is 0 Å². The zero-order valence-electron chi connectivity index (χ0n) is 14.5. The van der Waals surface area contributed by atoms with E-state index in [1.165, 1.54) is 0 Å². The Hall–Kier alpha value is -3.27. The third kappa shape index (κ3) is 4.22. The van der Waals surface area contributed by atoms with Gasteiger partial charge in [0.1, 0.15) is 0 Å². The van der Waals surface area contributed by atoms with Crippen LogP contribution in [0.25, 0.3) is 11.1 Å². The summed E-state index contributed by atoms with van der Waals surface area (Å²) in [5, 5.41) is 0. The summed E-state index contributed by atoms with van der Waals surface area (Å²) >= 11 is 0. The Morgan fingerprint density at radius 2 is 1.62 bits per heavy atom. The highest BCUT2D eigenvalue weighted by Gasteiger charge is 2.09. The third-order valence-corrected chi connectivity index (χ3v) is 3.98. The zero-order chi connectivity index (χ0) is 18.4. The standard InChI is InChI=1S/C22H19NO3/c1-2-26-22(25)19-10-8-17(9-11-19)20-12-16(14-23-15-20)13-21(24)18-6-4-3-5-7-18/h3-12,14-15H,2,13H2,1H3. The number of ketones is 1. The number of hydrogen-bond donors (Lipinski definition) is 0. The Labute approximate surface area is 152 Å². The number of hydrogen-bond acceptors (Lipinski definition) is 4. The summed E-state index contributed by atoms with van der Waals surface area (Å²) in [5.41, 5.74) is 3.89. The number of rotatable bonds is 6. The van der Waals surface area contributed by atoms with Crippen molar-refractivity contribution < 1.29 is 14.3 Å². The third-order valence-electron chi connectivity index (χ3n) is 3.98. The minimum atomic E-state index is -0.334. The molecule has 2 aromatic carbocycles. The number of nitrogens with zero attached hydrogens (tertiary/aromatic N) is 1. The molecule has 3 rings (SSSR count). The SMILES string of the molecule is CCOC(=O)c1ccc(-c2cncc(CC(=O)c3ccccc3)c2)cc1. The fourth-order valence-electron chi connectivity index (χ4n) is 2.67. The first-order chi connectivity index (χ1) is 12.7. The Morgan fingerprint density at radius 1 is 0.885 bits per heavy atom. The summed E-state index contributed by atoms with van der Waals surface area (Å²) in [6.07, 6.45) is 3.75. The molecule has 4 heteroatoms. The molecule has 3 aromatic rings. The summed E-state index contributed by atoms with van der Waals surface area (Å²) in [6.45, 7) is 2.13. The molecule has 130 valence electrons. The Kier molecular flexibility index (Phi) is 5.54. The highest BCUT2D eigenvalue weighted by molar-refractivity contribution is 5.97. The zero-order valence-corrected chi connectivity index (χ0v) is 14.5. The van der Waals surface area contributed by atoms with Gasteiger partial charge in [0.15, 0.2) is 5.78 Å². The van der Waals surface area contributed by atoms with Crippen molar-refractivity contribution in [3.05, 3.63) is 89.7 Å². The molecule has 0 spiro atoms. The fourth-order valence-corrected chi connectivity index (χ4v) is 2.67. The van der Waals surface area contributed by atoms with Gasteiger partial charge in [0.05, 0.1) is 12.2 Å². The molecule has 1 aromatic heterocycles. The van der Waals surface area contributed by atoms with Crippen LogP contribution in [0.3, 0.4) is 0 Å². The van der Waals surface area contributed by atoms with Crippen molar-refractivity contribution in [1.82, 2.24) is 4.98 Å². The van der Waals surface area contributed by atoms with E-state index < -0.39 is 0 Å². The van der Waals surface area contributed by atoms with E-state index in [1.54, 1.807) is 31.5 Å². The molecule has 0 aliphatic rings. The molecule has 0 saturated heterocycles. The van der Waals surface area contributed by atoms with Crippen molar-refractivity contribution in [2.24, 2.45) is 0 Å². The van der Waals surface area contributed by atoms with Crippen LogP contribution in [0.2, 0.25) is 0 Å². The van der Waals surface area contributed by atoms with Gasteiger partial charge in [0, 0.05) is 29.9 Å². The molecular weight excluding hydrogens is 326 g/mol. The number of carbonyl (C=O) groups is 2. The average molecular weight is 345 g/mol. The summed E-state index contributed by atoms with van der Waals surface area (Å²) in [4.78, 5) is 28.3. The first kappa shape index (κ1) is 17.5. The highest BCUT2D eigenvalue weighted by atomic mass is 16.5. The second kappa shape index (κ2) is 8.21. The summed E-state index contributed by atoms with van der Waals surface area (Å²) in [6, 6.07) is 18.3. The molecule has 0 bridgehead atoms. The van der Waals surface area contributed by atoms with E-state index in [-0.39, 0.29) is 11.8 Å². The van der Waals surface area contributed by atoms with Crippen LogP contribution < -0.4 is 0 Å². The largest absolute Gasteiger partial charge is 0.462 e. The summed E-state index contributed by atoms with van der Waals surface area (Å²) < 4.78 is 4.99. The van der Waals surface area contributed by atoms with E-state index in [9.17, 15) is 9.59 Å². The number of ether oxygens (including phenoxy) is 1. The van der Waals surface area contributed by atoms with Gasteiger partial charge in [-0.15, -0.1) is 0 Å². The van der Waals surface area contributed by atoms with Crippen molar-refractivity contribution in [3.8, 4) is 11.1 Å². The van der Waals surface area contributed by atoms with Crippen LogP contribution in [0.1, 0.15) is 33.2 Å². The molecule has 26 heavy (non-hydrogen) atoms. The van der Waals surface area contributed by atoms with Crippen LogP contribution in [-0.4, -0.2) is 23.3 Å². The van der Waals surface area contributed by atoms with Gasteiger partial charge in [-0.05, 0) is 36.2 Å². The number of aromatic nitrogens is 1. The Bertz CT molecular complexity index is 902. The average Bonchev–Trinajstić information content (AvgIpc) is 2.69. The van der Waals surface area contributed by atoms with E-state index in [0.717, 1.165) is 16.7 Å². The first-order valence-electron chi connectivity index (χ1n) is 8.47. The maximum atomic E-state index is 12.4. The van der Waals surface area contributed by atoms with Crippen LogP contribution >= 0.6 is 0 Å². The maximum absolute atomic E-state index is 12.4. The normalized spacial score (nSPS) is 10.3. The molecule has 4 nitrogen and oxygen atoms in total. The molecule has 1 heterocycles. The Morgan fingerprint density at radius 3 is 2.31 bits per heavy atom. The highest BCUT2D eigenvalue weighted by Crippen LogP contribution is 2.21. The van der Waals surface area contributed by atoms with E-state index >= 15 is 0 Å². The van der Waals surface area contributed by atoms with Gasteiger partial charge in [0.2, 0.25) is 0 Å². The molecule has 0 radical (unpaired) electrons. The molecule has 0 atom stereocenters. The molecule has 0 amide bonds. The second-order valence-electron chi connectivity index (χ2n) is 5.85. The Balaban J connectivity index is 1.77. The maximum Gasteiger partial charge on any atom is 0.338 e. The van der Waals surface area contributed by atoms with E-state index in [2.05, 4.69) is 4.98 Å². The lowest BCUT2D eigenvalue weighted by atomic mass is 10.0. The smallest absolute Gasteiger partial charge is 0.338 e. The van der Waals surface area contributed by atoms with E-state index in [1.807, 2.05) is 48.5 Å². The monoisotopic (exact) mass is 345 g/mol. The predicted molar refractivity (Wildman–Crippen MR) is 100 cm³/mol. The molecule has 0 N–H and O–H groups in total. The number of pyridine rings is 1. The number of carbonyl (C=O) groups excluding carboxylic acids is 2. The van der Waals surface area contributed by atoms with Crippen LogP contribution in [0, 0.1) is 0 Å². The molecule has 0 aliphatic carbocycles. The lowest BCUT2D eigenvalue weighted by molar-refractivity contribution is 0.0526. The molecule has 0 fully saturated rings. The van der Waals surface area contributed by atoms with Crippen LogP contribution in [-0.2, 0) is 11.2 Å². The fraction of sp³-hybridized carbons (Fsp3) is 0.136. The van der Waals surface area contributed by atoms with Crippen molar-refractivity contribution in [3.63, 3.8) is 0 Å². The quantitative estimate of drug-likeness (QED) is 0.492. The van der Waals surface area contributed by atoms with Crippen molar-refractivity contribution in [1.29, 1.82) is 0 Å². The van der Waals surface area contributed by atoms with Crippen LogP contribution in [0.15, 0.2) is 73.1 Å². The summed E-state index contributed by atoms with van der Waals surface area (Å²) in [5.74, 6) is -0.276. The van der Waals surface area contributed by atoms with Crippen molar-refractivity contribution in [2.75, 3.05) is 6.61 Å². The topological polar surface area (TPSA) is 56.3 Å². The number of esters is 1. The van der Waals surface area contributed by atoms with Gasteiger partial charge in [-0.3, -0.25) is 9.78 Å². The second-order valence-corrected chi connectivity index (χ2v) is 5.85. The van der Waals surface area contributed by atoms with Crippen molar-refractivity contribution in [2.45, 2.75) is 13.3 Å². The van der Waals surface area contributed by atoms with Crippen LogP contribution in [0.5, 0.6) is 0 Å². The predicted octanol–water partition coefficient (Wildman–Crippen LogP) is 4.35. The van der Waals surface area contributed by atoms with Gasteiger partial charge in [-0.1, -0.05) is 42.5 Å². The van der Waals surface area contributed by atoms with Gasteiger partial charge >= 0.3 is 5.97 Å². The molecule has 0 saturated carbocycles. The minimum absolute atomic E-state index is 0.0576. The lowest BCUT2D eigenvalue weighted by Gasteiger charge is -2.06. The molecule has 0 aliphatic heterocycles. The summed E-state index contributed by atoms with van der Waals surface area (Å²) in [7, 11) is 0. The number of benzene rings is 2. The van der Waals surface area contributed by atoms with Gasteiger partial charge < -0.3 is 4.74 Å².